The van der Waals surface area contributed by atoms with Gasteiger partial charge in [-0.1, -0.05) is 24.3 Å². The highest BCUT2D eigenvalue weighted by atomic mass is 32.2. The van der Waals surface area contributed by atoms with Gasteiger partial charge >= 0.3 is 0 Å². The van der Waals surface area contributed by atoms with Crippen LogP contribution in [-0.2, 0) is 31.9 Å². The highest BCUT2D eigenvalue weighted by Crippen LogP contribution is 2.36. The molecule has 0 radical (unpaired) electrons. The van der Waals surface area contributed by atoms with Crippen molar-refractivity contribution in [2.45, 2.75) is 62.2 Å². The lowest BCUT2D eigenvalue weighted by Crippen LogP contribution is -2.36. The maximum atomic E-state index is 14.5. The lowest BCUT2D eigenvalue weighted by molar-refractivity contribution is -0.129. The SMILES string of the molecule is CC(=O)N1CCC(c2ccc(Nc3nc(N4CCC(F)(F)C4)cc4cc(NC(=O)C(C)(C)c5ccc(Nc6nc(-c7cncc(S(C)(=O)=O)c7)cc7cc[nH]c(=O)c67)cc5)n(C)c(=O)c34)cc2)CC1. The Morgan fingerprint density at radius 1 is 0.841 bits per heavy atom. The van der Waals surface area contributed by atoms with Crippen LogP contribution in [0.15, 0.2) is 112 Å². The van der Waals surface area contributed by atoms with Crippen molar-refractivity contribution in [2.24, 2.45) is 7.05 Å². The van der Waals surface area contributed by atoms with Crippen molar-refractivity contribution in [3.8, 4) is 11.3 Å². The number of carbonyl (C=O) groups is 2. The maximum Gasteiger partial charge on any atom is 0.266 e. The molecule has 5 aromatic heterocycles. The van der Waals surface area contributed by atoms with Gasteiger partial charge in [0.1, 0.15) is 23.3 Å². The zero-order valence-corrected chi connectivity index (χ0v) is 39.4. The number of piperidine rings is 1. The van der Waals surface area contributed by atoms with Gasteiger partial charge < -0.3 is 30.7 Å². The third-order valence-corrected chi connectivity index (χ3v) is 14.2. The molecule has 0 unspecified atom stereocenters. The van der Waals surface area contributed by atoms with Gasteiger partial charge in [-0.3, -0.25) is 28.7 Å². The number of alkyl halides is 2. The Kier molecular flexibility index (Phi) is 12.0. The first-order valence-electron chi connectivity index (χ1n) is 22.4. The van der Waals surface area contributed by atoms with E-state index in [1.165, 1.54) is 41.2 Å². The number of anilines is 6. The van der Waals surface area contributed by atoms with E-state index in [4.69, 9.17) is 9.97 Å². The maximum absolute atomic E-state index is 14.5. The molecule has 0 atom stereocenters. The number of aromatic amines is 1. The second-order valence-electron chi connectivity index (χ2n) is 18.3. The first-order valence-corrected chi connectivity index (χ1v) is 24.3. The number of nitrogens with one attached hydrogen (secondary N) is 4. The zero-order valence-electron chi connectivity index (χ0n) is 38.6. The lowest BCUT2D eigenvalue weighted by atomic mass is 9.83. The first kappa shape index (κ1) is 46.6. The van der Waals surface area contributed by atoms with Gasteiger partial charge in [0.25, 0.3) is 17.0 Å². The number of carbonyl (C=O) groups excluding carboxylic acids is 2. The Morgan fingerprint density at radius 3 is 2.14 bits per heavy atom. The van der Waals surface area contributed by atoms with Crippen LogP contribution in [0.5, 0.6) is 0 Å². The number of pyridine rings is 5. The standard InChI is InChI=1S/C50H50F2N10O6S/c1-29(63)61-19-15-31(16-20-61)30-6-10-36(11-7-30)56-45-43-33(25-41(58-45)62-21-17-50(51,52)28-62)24-40(60(4)47(43)65)59-48(66)49(2,3)35-8-12-37(13-9-35)55-44-42-32(14-18-54-46(42)64)23-39(57-44)34-22-38(27-53-26-34)69(5,67)68/h6-14,18,22-27,31H,15-17,19-21,28H2,1-5H3,(H,54,64)(H,55,57)(H,56,58)(H,59,66). The van der Waals surface area contributed by atoms with E-state index in [1.54, 1.807) is 69.3 Å². The molecule has 0 aliphatic carbocycles. The van der Waals surface area contributed by atoms with Crippen LogP contribution in [0.2, 0.25) is 0 Å². The number of halogens is 2. The van der Waals surface area contributed by atoms with Crippen LogP contribution >= 0.6 is 0 Å². The van der Waals surface area contributed by atoms with Crippen LogP contribution in [-0.4, -0.2) is 88.0 Å². The number of sulfone groups is 1. The summed E-state index contributed by atoms with van der Waals surface area (Å²) in [6.45, 7) is 5.97. The summed E-state index contributed by atoms with van der Waals surface area (Å²) in [4.78, 5) is 73.0. The van der Waals surface area contributed by atoms with E-state index in [0.717, 1.165) is 24.7 Å². The van der Waals surface area contributed by atoms with Crippen molar-refractivity contribution < 1.29 is 26.8 Å². The van der Waals surface area contributed by atoms with Crippen LogP contribution in [0.1, 0.15) is 57.1 Å². The van der Waals surface area contributed by atoms with Crippen LogP contribution in [0, 0.1) is 0 Å². The number of fused-ring (bicyclic) bond motifs is 2. The number of hydrogen-bond donors (Lipinski definition) is 4. The lowest BCUT2D eigenvalue weighted by Gasteiger charge is -2.31. The van der Waals surface area contributed by atoms with Crippen molar-refractivity contribution in [1.82, 2.24) is 29.4 Å². The number of hydrogen-bond acceptors (Lipinski definition) is 12. The molecule has 4 N–H and O–H groups in total. The minimum atomic E-state index is -3.56. The number of amides is 2. The van der Waals surface area contributed by atoms with Crippen molar-refractivity contribution in [1.29, 1.82) is 0 Å². The second kappa shape index (κ2) is 17.8. The summed E-state index contributed by atoms with van der Waals surface area (Å²) in [5.41, 5.74) is 1.72. The highest BCUT2D eigenvalue weighted by Gasteiger charge is 2.39. The molecule has 2 saturated heterocycles. The van der Waals surface area contributed by atoms with Crippen LogP contribution < -0.4 is 32.0 Å². The Labute approximate surface area is 395 Å². The monoisotopic (exact) mass is 956 g/mol. The molecule has 2 aliphatic heterocycles. The quantitative estimate of drug-likeness (QED) is 0.0990. The summed E-state index contributed by atoms with van der Waals surface area (Å²) >= 11 is 0. The fraction of sp³-hybridized carbons (Fsp3) is 0.300. The third kappa shape index (κ3) is 9.50. The molecule has 7 heterocycles. The fourth-order valence-electron chi connectivity index (χ4n) is 8.94. The van der Waals surface area contributed by atoms with Crippen LogP contribution in [0.25, 0.3) is 32.8 Å². The van der Waals surface area contributed by atoms with E-state index in [-0.39, 0.29) is 57.8 Å². The van der Waals surface area contributed by atoms with Gasteiger partial charge in [-0.15, -0.1) is 0 Å². The molecule has 0 spiro atoms. The molecule has 356 valence electrons. The number of likely N-dealkylation sites (tertiary alicyclic amines) is 1. The van der Waals surface area contributed by atoms with Gasteiger partial charge in [-0.25, -0.2) is 27.2 Å². The Hall–Kier alpha value is -7.54. The molecule has 69 heavy (non-hydrogen) atoms. The highest BCUT2D eigenvalue weighted by molar-refractivity contribution is 7.90. The number of rotatable bonds is 11. The first-order chi connectivity index (χ1) is 32.7. The van der Waals surface area contributed by atoms with Crippen molar-refractivity contribution >= 4 is 77.8 Å². The second-order valence-corrected chi connectivity index (χ2v) is 20.3. The molecule has 19 heteroatoms. The fourth-order valence-corrected chi connectivity index (χ4v) is 9.54. The number of aromatic nitrogens is 5. The molecule has 7 aromatic rings. The topological polar surface area (TPSA) is 204 Å². The Bertz CT molecular complexity index is 3410. The average Bonchev–Trinajstić information content (AvgIpc) is 3.69. The minimum Gasteiger partial charge on any atom is -0.350 e. The van der Waals surface area contributed by atoms with E-state index in [2.05, 4.69) is 25.9 Å². The summed E-state index contributed by atoms with van der Waals surface area (Å²) in [5.74, 6) is -2.15. The molecule has 2 aromatic carbocycles. The van der Waals surface area contributed by atoms with E-state index in [9.17, 15) is 36.4 Å². The summed E-state index contributed by atoms with van der Waals surface area (Å²) in [7, 11) is -2.02. The van der Waals surface area contributed by atoms with Crippen LogP contribution in [0.4, 0.5) is 43.4 Å². The predicted molar refractivity (Wildman–Crippen MR) is 263 cm³/mol. The van der Waals surface area contributed by atoms with Gasteiger partial charge in [-0.2, -0.15) is 0 Å². The Balaban J connectivity index is 0.978. The molecular formula is C50H50F2N10O6S. The van der Waals surface area contributed by atoms with Gasteiger partial charge in [0.2, 0.25) is 11.8 Å². The minimum absolute atomic E-state index is 0.0197. The Morgan fingerprint density at radius 2 is 1.51 bits per heavy atom. The summed E-state index contributed by atoms with van der Waals surface area (Å²) in [6, 6.07) is 22.9. The molecule has 0 bridgehead atoms. The van der Waals surface area contributed by atoms with E-state index in [0.29, 0.717) is 58.0 Å². The van der Waals surface area contributed by atoms with Crippen molar-refractivity contribution in [2.75, 3.05) is 53.3 Å². The summed E-state index contributed by atoms with van der Waals surface area (Å²) in [6.07, 6.45) is 6.70. The smallest absolute Gasteiger partial charge is 0.266 e. The molecule has 9 rings (SSSR count). The third-order valence-electron chi connectivity index (χ3n) is 13.2. The van der Waals surface area contributed by atoms with Gasteiger partial charge in [-0.05, 0) is 109 Å². The molecule has 16 nitrogen and oxygen atoms in total. The molecule has 2 fully saturated rings. The van der Waals surface area contributed by atoms with E-state index < -0.39 is 44.7 Å². The number of H-pyrrole nitrogens is 1. The molecule has 2 amide bonds. The van der Waals surface area contributed by atoms with Gasteiger partial charge in [0.05, 0.1) is 33.3 Å². The summed E-state index contributed by atoms with van der Waals surface area (Å²) in [5, 5.41) is 10.9. The number of nitrogens with zero attached hydrogens (tertiary/aromatic N) is 6. The van der Waals surface area contributed by atoms with Gasteiger partial charge in [0, 0.05) is 81.8 Å². The van der Waals surface area contributed by atoms with Gasteiger partial charge in [0.15, 0.2) is 9.84 Å². The molecule has 0 saturated carbocycles. The number of benzene rings is 2. The van der Waals surface area contributed by atoms with Crippen molar-refractivity contribution in [3.05, 3.63) is 129 Å². The van der Waals surface area contributed by atoms with E-state index >= 15 is 0 Å². The van der Waals surface area contributed by atoms with Crippen molar-refractivity contribution in [3.63, 3.8) is 0 Å². The largest absolute Gasteiger partial charge is 0.350 e. The average molecular weight is 957 g/mol. The molecular weight excluding hydrogens is 907 g/mol. The summed E-state index contributed by atoms with van der Waals surface area (Å²) < 4.78 is 55.0. The van der Waals surface area contributed by atoms with Crippen LogP contribution in [0.3, 0.4) is 0 Å². The van der Waals surface area contributed by atoms with E-state index in [1.807, 2.05) is 29.2 Å². The normalized spacial score (nSPS) is 15.4. The molecule has 2 aliphatic rings. The predicted octanol–water partition coefficient (Wildman–Crippen LogP) is 7.61. The zero-order chi connectivity index (χ0) is 49.0.